The number of nitro groups is 1. The van der Waals surface area contributed by atoms with Gasteiger partial charge in [0.1, 0.15) is 0 Å². The maximum absolute atomic E-state index is 12.3. The Labute approximate surface area is 140 Å². The minimum Gasteiger partial charge on any atom is -0.493 e. The number of carbonyl (C=O) groups excluding carboxylic acids is 1. The van der Waals surface area contributed by atoms with Gasteiger partial charge < -0.3 is 14.8 Å². The predicted octanol–water partition coefficient (Wildman–Crippen LogP) is 3.63. The molecule has 1 amide bonds. The van der Waals surface area contributed by atoms with Crippen molar-refractivity contribution in [3.63, 3.8) is 0 Å². The Morgan fingerprint density at radius 3 is 2.43 bits per heavy atom. The van der Waals surface area contributed by atoms with Crippen molar-refractivity contribution in [1.82, 2.24) is 0 Å². The Kier molecular flexibility index (Phi) is 5.17. The van der Waals surface area contributed by atoms with Crippen molar-refractivity contribution in [2.45, 2.75) is 0 Å². The van der Waals surface area contributed by atoms with E-state index in [-0.39, 0.29) is 11.3 Å². The SMILES string of the molecule is COc1ccc(NC(=O)c2cc([N+](=O)[O-])ccc2Br)cc1OC. The zero-order chi connectivity index (χ0) is 17.0. The largest absolute Gasteiger partial charge is 0.493 e. The first-order valence-electron chi connectivity index (χ1n) is 6.43. The Hall–Kier alpha value is -2.61. The average Bonchev–Trinajstić information content (AvgIpc) is 2.54. The standard InChI is InChI=1S/C15H13BrN2O5/c1-22-13-6-3-9(7-14(13)23-2)17-15(19)11-8-10(18(20)21)4-5-12(11)16/h3-8H,1-2H3,(H,17,19). The second-order valence-corrected chi connectivity index (χ2v) is 5.30. The van der Waals surface area contributed by atoms with E-state index in [1.807, 2.05) is 0 Å². The van der Waals surface area contributed by atoms with Gasteiger partial charge >= 0.3 is 0 Å². The maximum Gasteiger partial charge on any atom is 0.270 e. The molecule has 0 aliphatic rings. The molecule has 0 saturated heterocycles. The first kappa shape index (κ1) is 16.8. The van der Waals surface area contributed by atoms with Crippen LogP contribution in [0.1, 0.15) is 10.4 Å². The Bertz CT molecular complexity index is 764. The minimum absolute atomic E-state index is 0.161. The summed E-state index contributed by atoms with van der Waals surface area (Å²) in [5.74, 6) is 0.512. The molecule has 0 atom stereocenters. The van der Waals surface area contributed by atoms with E-state index in [0.29, 0.717) is 21.7 Å². The van der Waals surface area contributed by atoms with Crippen molar-refractivity contribution in [2.24, 2.45) is 0 Å². The van der Waals surface area contributed by atoms with Gasteiger partial charge in [-0.25, -0.2) is 0 Å². The van der Waals surface area contributed by atoms with Gasteiger partial charge in [-0.05, 0) is 34.1 Å². The lowest BCUT2D eigenvalue weighted by molar-refractivity contribution is -0.384. The highest BCUT2D eigenvalue weighted by Crippen LogP contribution is 2.30. The van der Waals surface area contributed by atoms with Crippen LogP contribution >= 0.6 is 15.9 Å². The summed E-state index contributed by atoms with van der Waals surface area (Å²) in [4.78, 5) is 22.6. The normalized spacial score (nSPS) is 10.0. The van der Waals surface area contributed by atoms with Gasteiger partial charge in [0.2, 0.25) is 0 Å². The molecule has 0 aliphatic carbocycles. The lowest BCUT2D eigenvalue weighted by atomic mass is 10.2. The quantitative estimate of drug-likeness (QED) is 0.631. The van der Waals surface area contributed by atoms with E-state index < -0.39 is 10.8 Å². The van der Waals surface area contributed by atoms with Crippen molar-refractivity contribution in [3.05, 3.63) is 56.5 Å². The highest BCUT2D eigenvalue weighted by Gasteiger charge is 2.16. The van der Waals surface area contributed by atoms with Crippen LogP contribution in [0, 0.1) is 10.1 Å². The molecular weight excluding hydrogens is 368 g/mol. The van der Waals surface area contributed by atoms with Gasteiger partial charge in [0.05, 0.1) is 24.7 Å². The van der Waals surface area contributed by atoms with E-state index >= 15 is 0 Å². The topological polar surface area (TPSA) is 90.7 Å². The summed E-state index contributed by atoms with van der Waals surface area (Å²) in [5.41, 5.74) is 0.478. The number of nitrogens with zero attached hydrogens (tertiary/aromatic N) is 1. The second kappa shape index (κ2) is 7.10. The number of rotatable bonds is 5. The number of hydrogen-bond donors (Lipinski definition) is 1. The van der Waals surface area contributed by atoms with Gasteiger partial charge in [-0.1, -0.05) is 0 Å². The van der Waals surface area contributed by atoms with E-state index in [9.17, 15) is 14.9 Å². The van der Waals surface area contributed by atoms with Gasteiger partial charge in [-0.2, -0.15) is 0 Å². The third kappa shape index (κ3) is 3.78. The zero-order valence-corrected chi connectivity index (χ0v) is 13.9. The Balaban J connectivity index is 2.29. The first-order chi connectivity index (χ1) is 11.0. The van der Waals surface area contributed by atoms with E-state index in [0.717, 1.165) is 0 Å². The van der Waals surface area contributed by atoms with Crippen molar-refractivity contribution in [2.75, 3.05) is 19.5 Å². The van der Waals surface area contributed by atoms with Crippen LogP contribution in [-0.4, -0.2) is 25.1 Å². The molecule has 2 aromatic rings. The Morgan fingerprint density at radius 2 is 1.83 bits per heavy atom. The van der Waals surface area contributed by atoms with Crippen molar-refractivity contribution >= 4 is 33.2 Å². The summed E-state index contributed by atoms with van der Waals surface area (Å²) in [6.07, 6.45) is 0. The zero-order valence-electron chi connectivity index (χ0n) is 12.3. The summed E-state index contributed by atoms with van der Waals surface area (Å²) in [7, 11) is 3.00. The number of nitro benzene ring substituents is 1. The molecule has 0 fully saturated rings. The summed E-state index contributed by atoms with van der Waals surface area (Å²) in [6.45, 7) is 0. The number of nitrogens with one attached hydrogen (secondary N) is 1. The molecule has 0 heterocycles. The fourth-order valence-corrected chi connectivity index (χ4v) is 2.34. The van der Waals surface area contributed by atoms with Crippen LogP contribution in [0.4, 0.5) is 11.4 Å². The van der Waals surface area contributed by atoms with Crippen molar-refractivity contribution < 1.29 is 19.2 Å². The smallest absolute Gasteiger partial charge is 0.270 e. The van der Waals surface area contributed by atoms with Crippen LogP contribution in [0.2, 0.25) is 0 Å². The number of non-ortho nitro benzene ring substituents is 1. The summed E-state index contributed by atoms with van der Waals surface area (Å²) < 4.78 is 10.7. The van der Waals surface area contributed by atoms with Gasteiger partial charge in [0.15, 0.2) is 11.5 Å². The predicted molar refractivity (Wildman–Crippen MR) is 88.3 cm³/mol. The van der Waals surface area contributed by atoms with Gasteiger partial charge in [-0.3, -0.25) is 14.9 Å². The molecule has 0 saturated carbocycles. The number of benzene rings is 2. The number of carbonyl (C=O) groups is 1. The third-order valence-electron chi connectivity index (χ3n) is 3.05. The molecule has 2 rings (SSSR count). The number of anilines is 1. The molecule has 0 spiro atoms. The van der Waals surface area contributed by atoms with E-state index in [2.05, 4.69) is 21.2 Å². The summed E-state index contributed by atoms with van der Waals surface area (Å²) in [6, 6.07) is 8.88. The fourth-order valence-electron chi connectivity index (χ4n) is 1.91. The first-order valence-corrected chi connectivity index (χ1v) is 7.23. The van der Waals surface area contributed by atoms with Crippen LogP contribution < -0.4 is 14.8 Å². The van der Waals surface area contributed by atoms with Crippen molar-refractivity contribution in [1.29, 1.82) is 0 Å². The maximum atomic E-state index is 12.3. The molecule has 0 radical (unpaired) electrons. The average molecular weight is 381 g/mol. The highest BCUT2D eigenvalue weighted by molar-refractivity contribution is 9.10. The van der Waals surface area contributed by atoms with Crippen LogP contribution in [0.25, 0.3) is 0 Å². The highest BCUT2D eigenvalue weighted by atomic mass is 79.9. The molecule has 0 aromatic heterocycles. The molecule has 0 aliphatic heterocycles. The molecule has 7 nitrogen and oxygen atoms in total. The van der Waals surface area contributed by atoms with Gasteiger partial charge in [0.25, 0.3) is 11.6 Å². The van der Waals surface area contributed by atoms with Crippen LogP contribution in [0.5, 0.6) is 11.5 Å². The van der Waals surface area contributed by atoms with Crippen molar-refractivity contribution in [3.8, 4) is 11.5 Å². The summed E-state index contributed by atoms with van der Waals surface area (Å²) >= 11 is 3.22. The number of hydrogen-bond acceptors (Lipinski definition) is 5. The molecule has 8 heteroatoms. The minimum atomic E-state index is -0.556. The lowest BCUT2D eigenvalue weighted by Crippen LogP contribution is -2.13. The van der Waals surface area contributed by atoms with Crippen LogP contribution in [-0.2, 0) is 0 Å². The molecule has 0 bridgehead atoms. The third-order valence-corrected chi connectivity index (χ3v) is 3.74. The molecule has 2 aromatic carbocycles. The number of methoxy groups -OCH3 is 2. The van der Waals surface area contributed by atoms with Gasteiger partial charge in [0, 0.05) is 28.4 Å². The number of halogens is 1. The molecule has 0 unspecified atom stereocenters. The number of amides is 1. The monoisotopic (exact) mass is 380 g/mol. The van der Waals surface area contributed by atoms with Crippen LogP contribution in [0.3, 0.4) is 0 Å². The molecule has 1 N–H and O–H groups in total. The lowest BCUT2D eigenvalue weighted by Gasteiger charge is -2.11. The second-order valence-electron chi connectivity index (χ2n) is 4.45. The van der Waals surface area contributed by atoms with Crippen LogP contribution in [0.15, 0.2) is 40.9 Å². The number of ether oxygens (including phenoxy) is 2. The van der Waals surface area contributed by atoms with E-state index in [1.54, 1.807) is 18.2 Å². The molecular formula is C15H13BrN2O5. The molecule has 23 heavy (non-hydrogen) atoms. The van der Waals surface area contributed by atoms with E-state index in [4.69, 9.17) is 9.47 Å². The summed E-state index contributed by atoms with van der Waals surface area (Å²) in [5, 5.41) is 13.5. The van der Waals surface area contributed by atoms with Gasteiger partial charge in [-0.15, -0.1) is 0 Å². The fraction of sp³-hybridized carbons (Fsp3) is 0.133. The molecule has 120 valence electrons. The Morgan fingerprint density at radius 1 is 1.13 bits per heavy atom. The van der Waals surface area contributed by atoms with E-state index in [1.165, 1.54) is 32.4 Å².